The van der Waals surface area contributed by atoms with E-state index in [1.54, 1.807) is 0 Å². The minimum atomic E-state index is 0.424. The van der Waals surface area contributed by atoms with Gasteiger partial charge in [0.1, 0.15) is 17.2 Å². The van der Waals surface area contributed by atoms with Crippen LogP contribution in [0.4, 0.5) is 0 Å². The molecule has 0 aliphatic heterocycles. The monoisotopic (exact) mass is 740 g/mol. The SMILES string of the molecule is N#Cc1c(-c2ccccc2)nc(-c2cc(-c3ccccc3)c(-c3ccccc3)cc2-n2c3ccccc3c3ccc4c5ccccc5oc4c32)nc1-c1ccccc1. The molecule has 0 saturated carbocycles. The highest BCUT2D eigenvalue weighted by Crippen LogP contribution is 2.45. The molecule has 0 amide bonds. The molecule has 5 nitrogen and oxygen atoms in total. The molecule has 0 unspecified atom stereocenters. The minimum Gasteiger partial charge on any atom is -0.454 e. The Kier molecular flexibility index (Phi) is 7.80. The van der Waals surface area contributed by atoms with E-state index in [9.17, 15) is 5.26 Å². The van der Waals surface area contributed by atoms with Crippen molar-refractivity contribution in [2.24, 2.45) is 0 Å². The van der Waals surface area contributed by atoms with Gasteiger partial charge in [0, 0.05) is 38.2 Å². The number of nitrogens with zero attached hydrogens (tertiary/aromatic N) is 4. The van der Waals surface area contributed by atoms with E-state index in [0.29, 0.717) is 22.8 Å². The van der Waals surface area contributed by atoms with Crippen molar-refractivity contribution in [2.75, 3.05) is 0 Å². The second-order valence-corrected chi connectivity index (χ2v) is 14.4. The summed E-state index contributed by atoms with van der Waals surface area (Å²) in [4.78, 5) is 10.7. The summed E-state index contributed by atoms with van der Waals surface area (Å²) in [5.41, 5.74) is 12.8. The first-order valence-corrected chi connectivity index (χ1v) is 19.3. The lowest BCUT2D eigenvalue weighted by molar-refractivity contribution is 0.671. The fourth-order valence-electron chi connectivity index (χ4n) is 8.44. The molecule has 0 saturated heterocycles. The van der Waals surface area contributed by atoms with Gasteiger partial charge in [-0.25, -0.2) is 9.97 Å². The summed E-state index contributed by atoms with van der Waals surface area (Å²) in [6.07, 6.45) is 0. The predicted octanol–water partition coefficient (Wildman–Crippen LogP) is 13.7. The lowest BCUT2D eigenvalue weighted by Gasteiger charge is -2.20. The van der Waals surface area contributed by atoms with Crippen molar-refractivity contribution in [3.05, 3.63) is 200 Å². The van der Waals surface area contributed by atoms with Crippen LogP contribution in [-0.2, 0) is 0 Å². The number of aromatic nitrogens is 3. The number of hydrogen-bond acceptors (Lipinski definition) is 4. The summed E-state index contributed by atoms with van der Waals surface area (Å²) in [5, 5.41) is 15.1. The van der Waals surface area contributed by atoms with Gasteiger partial charge in [0.2, 0.25) is 0 Å². The Morgan fingerprint density at radius 3 is 1.55 bits per heavy atom. The molecule has 58 heavy (non-hydrogen) atoms. The van der Waals surface area contributed by atoms with E-state index in [4.69, 9.17) is 14.4 Å². The zero-order valence-corrected chi connectivity index (χ0v) is 31.2. The predicted molar refractivity (Wildman–Crippen MR) is 236 cm³/mol. The normalized spacial score (nSPS) is 11.4. The fourth-order valence-corrected chi connectivity index (χ4v) is 8.44. The van der Waals surface area contributed by atoms with E-state index in [0.717, 1.165) is 88.4 Å². The van der Waals surface area contributed by atoms with Gasteiger partial charge in [-0.3, -0.25) is 0 Å². The Balaban J connectivity index is 1.34. The van der Waals surface area contributed by atoms with Gasteiger partial charge < -0.3 is 8.98 Å². The standard InChI is InChI=1S/C53H32N4O/c54-33-45-49(36-21-9-3-10-22-36)55-53(56-50(45)37-23-11-4-12-24-37)44-31-42(34-17-5-1-6-18-34)43(35-19-7-2-8-20-35)32-47(44)57-46-27-15-13-25-38(46)40-29-30-41-39-26-14-16-28-48(39)58-52(41)51(40)57/h1-32H. The van der Waals surface area contributed by atoms with Crippen molar-refractivity contribution in [3.8, 4) is 67.9 Å². The lowest BCUT2D eigenvalue weighted by atomic mass is 9.91. The molecule has 3 heterocycles. The van der Waals surface area contributed by atoms with Crippen LogP contribution < -0.4 is 0 Å². The van der Waals surface area contributed by atoms with Crippen LogP contribution in [0.5, 0.6) is 0 Å². The molecule has 0 radical (unpaired) electrons. The molecule has 0 spiro atoms. The maximum Gasteiger partial charge on any atom is 0.162 e. The molecule has 8 aromatic carbocycles. The van der Waals surface area contributed by atoms with Gasteiger partial charge in [0.25, 0.3) is 0 Å². The number of furan rings is 1. The third-order valence-electron chi connectivity index (χ3n) is 11.1. The summed E-state index contributed by atoms with van der Waals surface area (Å²) in [6, 6.07) is 69.0. The Labute approximate surface area is 334 Å². The molecular formula is C53H32N4O. The number of benzene rings is 8. The number of rotatable bonds is 6. The first kappa shape index (κ1) is 33.3. The molecule has 270 valence electrons. The topological polar surface area (TPSA) is 67.6 Å². The second kappa shape index (κ2) is 13.6. The van der Waals surface area contributed by atoms with Crippen LogP contribution in [0, 0.1) is 11.3 Å². The van der Waals surface area contributed by atoms with Crippen LogP contribution in [-0.4, -0.2) is 14.5 Å². The van der Waals surface area contributed by atoms with Crippen LogP contribution in [0.25, 0.3) is 106 Å². The van der Waals surface area contributed by atoms with Crippen molar-refractivity contribution in [1.82, 2.24) is 14.5 Å². The van der Waals surface area contributed by atoms with Crippen LogP contribution in [0.15, 0.2) is 199 Å². The van der Waals surface area contributed by atoms with Gasteiger partial charge in [0.05, 0.1) is 28.1 Å². The van der Waals surface area contributed by atoms with Crippen LogP contribution >= 0.6 is 0 Å². The Morgan fingerprint density at radius 1 is 0.448 bits per heavy atom. The third kappa shape index (κ3) is 5.31. The first-order chi connectivity index (χ1) is 28.7. The quantitative estimate of drug-likeness (QED) is 0.170. The van der Waals surface area contributed by atoms with E-state index in [1.165, 1.54) is 0 Å². The zero-order chi connectivity index (χ0) is 38.6. The molecule has 3 aromatic heterocycles. The van der Waals surface area contributed by atoms with Crippen molar-refractivity contribution < 1.29 is 4.42 Å². The molecule has 5 heteroatoms. The smallest absolute Gasteiger partial charge is 0.162 e. The molecule has 11 aromatic rings. The molecular weight excluding hydrogens is 709 g/mol. The maximum absolute atomic E-state index is 10.8. The van der Waals surface area contributed by atoms with Gasteiger partial charge in [-0.1, -0.05) is 164 Å². The summed E-state index contributed by atoms with van der Waals surface area (Å²) in [5.74, 6) is 0.506. The Bertz CT molecular complexity index is 3320. The fraction of sp³-hybridized carbons (Fsp3) is 0. The van der Waals surface area contributed by atoms with E-state index < -0.39 is 0 Å². The Morgan fingerprint density at radius 2 is 0.948 bits per heavy atom. The number of hydrogen-bond donors (Lipinski definition) is 0. The van der Waals surface area contributed by atoms with Crippen LogP contribution in [0.2, 0.25) is 0 Å². The largest absolute Gasteiger partial charge is 0.454 e. The molecule has 0 fully saturated rings. The summed E-state index contributed by atoms with van der Waals surface area (Å²) < 4.78 is 9.14. The van der Waals surface area contributed by atoms with E-state index in [2.05, 4.69) is 120 Å². The van der Waals surface area contributed by atoms with Crippen molar-refractivity contribution >= 4 is 43.7 Å². The van der Waals surface area contributed by atoms with Gasteiger partial charge >= 0.3 is 0 Å². The molecule has 0 atom stereocenters. The highest BCUT2D eigenvalue weighted by molar-refractivity contribution is 6.21. The Hall–Kier alpha value is -8.07. The molecule has 0 bridgehead atoms. The molecule has 0 aliphatic rings. The average Bonchev–Trinajstić information content (AvgIpc) is 3.85. The third-order valence-corrected chi connectivity index (χ3v) is 11.1. The van der Waals surface area contributed by atoms with Gasteiger partial charge in [-0.05, 0) is 52.6 Å². The number of fused-ring (bicyclic) bond motifs is 7. The minimum absolute atomic E-state index is 0.424. The summed E-state index contributed by atoms with van der Waals surface area (Å²) >= 11 is 0. The van der Waals surface area contributed by atoms with Gasteiger partial charge in [0.15, 0.2) is 11.4 Å². The lowest BCUT2D eigenvalue weighted by Crippen LogP contribution is -2.05. The highest BCUT2D eigenvalue weighted by Gasteiger charge is 2.26. The maximum atomic E-state index is 10.8. The van der Waals surface area contributed by atoms with Crippen LogP contribution in [0.1, 0.15) is 5.56 Å². The van der Waals surface area contributed by atoms with Crippen molar-refractivity contribution in [1.29, 1.82) is 5.26 Å². The van der Waals surface area contributed by atoms with E-state index in [-0.39, 0.29) is 0 Å². The van der Waals surface area contributed by atoms with E-state index in [1.807, 2.05) is 84.9 Å². The average molecular weight is 741 g/mol. The highest BCUT2D eigenvalue weighted by atomic mass is 16.3. The van der Waals surface area contributed by atoms with Crippen LogP contribution in [0.3, 0.4) is 0 Å². The number of para-hydroxylation sites is 2. The van der Waals surface area contributed by atoms with Crippen molar-refractivity contribution in [2.45, 2.75) is 0 Å². The molecule has 11 rings (SSSR count). The molecule has 0 N–H and O–H groups in total. The summed E-state index contributed by atoms with van der Waals surface area (Å²) in [7, 11) is 0. The van der Waals surface area contributed by atoms with E-state index >= 15 is 0 Å². The molecule has 0 aliphatic carbocycles. The number of nitriles is 1. The first-order valence-electron chi connectivity index (χ1n) is 19.3. The van der Waals surface area contributed by atoms with Crippen molar-refractivity contribution in [3.63, 3.8) is 0 Å². The van der Waals surface area contributed by atoms with Gasteiger partial charge in [-0.2, -0.15) is 5.26 Å². The second-order valence-electron chi connectivity index (χ2n) is 14.4. The zero-order valence-electron chi connectivity index (χ0n) is 31.2. The summed E-state index contributed by atoms with van der Waals surface area (Å²) in [6.45, 7) is 0. The van der Waals surface area contributed by atoms with Gasteiger partial charge in [-0.15, -0.1) is 0 Å².